The van der Waals surface area contributed by atoms with Crippen molar-refractivity contribution < 1.29 is 33.3 Å². The van der Waals surface area contributed by atoms with Gasteiger partial charge in [0.2, 0.25) is 5.78 Å². The van der Waals surface area contributed by atoms with E-state index in [1.807, 2.05) is 0 Å². The number of benzene rings is 2. The Hall–Kier alpha value is -3.48. The number of ether oxygens (including phenoxy) is 5. The predicted octanol–water partition coefficient (Wildman–Crippen LogP) is 3.60. The van der Waals surface area contributed by atoms with Gasteiger partial charge in [0.15, 0.2) is 23.0 Å². The van der Waals surface area contributed by atoms with Crippen LogP contribution < -0.4 is 23.7 Å². The molecule has 1 aliphatic heterocycles. The van der Waals surface area contributed by atoms with E-state index in [2.05, 4.69) is 0 Å². The highest BCUT2D eigenvalue weighted by Gasteiger charge is 2.30. The number of allylic oxidation sites excluding steroid dienone is 1. The van der Waals surface area contributed by atoms with Crippen molar-refractivity contribution >= 4 is 17.6 Å². The molecule has 0 bridgehead atoms. The summed E-state index contributed by atoms with van der Waals surface area (Å²) in [5, 5.41) is 0. The molecule has 0 spiro atoms. The summed E-state index contributed by atoms with van der Waals surface area (Å²) < 4.78 is 27.3. The Morgan fingerprint density at radius 1 is 1.00 bits per heavy atom. The van der Waals surface area contributed by atoms with E-state index in [0.29, 0.717) is 45.4 Å². The third-order valence-corrected chi connectivity index (χ3v) is 4.41. The fraction of sp³-hybridized carbons (Fsp3) is 0.273. The van der Waals surface area contributed by atoms with Crippen LogP contribution in [0, 0.1) is 6.92 Å². The highest BCUT2D eigenvalue weighted by molar-refractivity contribution is 6.15. The first kappa shape index (κ1) is 20.3. The van der Waals surface area contributed by atoms with Crippen molar-refractivity contribution in [1.82, 2.24) is 0 Å². The van der Waals surface area contributed by atoms with Gasteiger partial charge in [0.25, 0.3) is 0 Å². The first-order chi connectivity index (χ1) is 13.9. The highest BCUT2D eigenvalue weighted by atomic mass is 16.5. The molecule has 0 N–H and O–H groups in total. The van der Waals surface area contributed by atoms with Crippen LogP contribution in [0.2, 0.25) is 0 Å². The molecular weight excluding hydrogens is 376 g/mol. The summed E-state index contributed by atoms with van der Waals surface area (Å²) in [5.41, 5.74) is 1.77. The van der Waals surface area contributed by atoms with E-state index in [0.717, 1.165) is 0 Å². The maximum absolute atomic E-state index is 12.9. The fourth-order valence-corrected chi connectivity index (χ4v) is 3.05. The van der Waals surface area contributed by atoms with Crippen LogP contribution in [-0.4, -0.2) is 39.5 Å². The minimum atomic E-state index is -0.243. The molecule has 0 aromatic heterocycles. The molecule has 0 unspecified atom stereocenters. The molecule has 29 heavy (non-hydrogen) atoms. The molecule has 0 amide bonds. The molecule has 152 valence electrons. The number of hydrogen-bond donors (Lipinski definition) is 0. The number of Topliss-reactive ketones (excluding diaryl/α,β-unsaturated/α-hetero) is 2. The summed E-state index contributed by atoms with van der Waals surface area (Å²) in [5.74, 6) is 2.18. The first-order valence-corrected chi connectivity index (χ1v) is 8.89. The molecule has 7 heteroatoms. The van der Waals surface area contributed by atoms with Crippen molar-refractivity contribution in [2.45, 2.75) is 13.8 Å². The van der Waals surface area contributed by atoms with Crippen molar-refractivity contribution in [2.24, 2.45) is 0 Å². The number of ketones is 2. The molecule has 0 radical (unpaired) electrons. The third-order valence-electron chi connectivity index (χ3n) is 4.41. The van der Waals surface area contributed by atoms with Crippen LogP contribution in [0.3, 0.4) is 0 Å². The monoisotopic (exact) mass is 398 g/mol. The summed E-state index contributed by atoms with van der Waals surface area (Å²) in [6.45, 7) is 3.19. The van der Waals surface area contributed by atoms with Crippen molar-refractivity contribution in [1.29, 1.82) is 0 Å². The zero-order chi connectivity index (χ0) is 21.1. The Kier molecular flexibility index (Phi) is 5.77. The maximum Gasteiger partial charge on any atom is 0.232 e. The summed E-state index contributed by atoms with van der Waals surface area (Å²) in [4.78, 5) is 24.0. The topological polar surface area (TPSA) is 80.3 Å². The first-order valence-electron chi connectivity index (χ1n) is 8.89. The van der Waals surface area contributed by atoms with Gasteiger partial charge >= 0.3 is 0 Å². The van der Waals surface area contributed by atoms with Crippen molar-refractivity contribution in [3.63, 3.8) is 0 Å². The van der Waals surface area contributed by atoms with Crippen LogP contribution in [-0.2, 0) is 4.79 Å². The van der Waals surface area contributed by atoms with Gasteiger partial charge in [0, 0.05) is 17.7 Å². The summed E-state index contributed by atoms with van der Waals surface area (Å²) in [6.07, 6.45) is 1.60. The SMILES string of the molecule is COc1cc(OC)c(OC)cc1/C=C1\Oc2cc(OCC(C)=O)cc(C)c2C1=O. The average molecular weight is 398 g/mol. The molecule has 0 atom stereocenters. The Morgan fingerprint density at radius 2 is 1.66 bits per heavy atom. The van der Waals surface area contributed by atoms with Crippen LogP contribution >= 0.6 is 0 Å². The molecule has 2 aromatic carbocycles. The fourth-order valence-electron chi connectivity index (χ4n) is 3.05. The van der Waals surface area contributed by atoms with Crippen LogP contribution in [0.5, 0.6) is 28.7 Å². The summed E-state index contributed by atoms with van der Waals surface area (Å²) in [7, 11) is 4.59. The Morgan fingerprint density at radius 3 is 2.28 bits per heavy atom. The lowest BCUT2D eigenvalue weighted by atomic mass is 10.0. The van der Waals surface area contributed by atoms with E-state index < -0.39 is 0 Å². The van der Waals surface area contributed by atoms with Gasteiger partial charge in [-0.15, -0.1) is 0 Å². The van der Waals surface area contributed by atoms with Gasteiger partial charge in [0.1, 0.15) is 23.9 Å². The number of carbonyl (C=O) groups excluding carboxylic acids is 2. The highest BCUT2D eigenvalue weighted by Crippen LogP contribution is 2.40. The second kappa shape index (κ2) is 8.26. The molecule has 1 aliphatic rings. The minimum Gasteiger partial charge on any atom is -0.496 e. The second-order valence-electron chi connectivity index (χ2n) is 6.49. The number of methoxy groups -OCH3 is 3. The summed E-state index contributed by atoms with van der Waals surface area (Å²) in [6, 6.07) is 6.70. The molecule has 1 heterocycles. The molecule has 0 saturated heterocycles. The molecule has 0 fully saturated rings. The Bertz CT molecular complexity index is 1000. The van der Waals surface area contributed by atoms with E-state index >= 15 is 0 Å². The van der Waals surface area contributed by atoms with Crippen LogP contribution in [0.1, 0.15) is 28.4 Å². The van der Waals surface area contributed by atoms with Gasteiger partial charge in [-0.05, 0) is 37.6 Å². The molecule has 0 saturated carbocycles. The van der Waals surface area contributed by atoms with E-state index in [-0.39, 0.29) is 23.9 Å². The zero-order valence-corrected chi connectivity index (χ0v) is 17.0. The molecule has 0 aliphatic carbocycles. The van der Waals surface area contributed by atoms with Crippen LogP contribution in [0.25, 0.3) is 6.08 Å². The quantitative estimate of drug-likeness (QED) is 0.659. The number of fused-ring (bicyclic) bond motifs is 1. The lowest BCUT2D eigenvalue weighted by Crippen LogP contribution is -2.07. The second-order valence-corrected chi connectivity index (χ2v) is 6.49. The standard InChI is InChI=1S/C22H22O7/c1-12-6-15(28-11-13(2)23)9-19-21(12)22(24)20(29-19)8-14-7-17(26-4)18(27-5)10-16(14)25-3/h6-10H,11H2,1-5H3/b20-8-. The summed E-state index contributed by atoms with van der Waals surface area (Å²) >= 11 is 0. The third kappa shape index (κ3) is 4.03. The largest absolute Gasteiger partial charge is 0.496 e. The predicted molar refractivity (Wildman–Crippen MR) is 106 cm³/mol. The van der Waals surface area contributed by atoms with Crippen LogP contribution in [0.15, 0.2) is 30.0 Å². The molecule has 3 rings (SSSR count). The number of aryl methyl sites for hydroxylation is 1. The van der Waals surface area contributed by atoms with Crippen molar-refractivity contribution in [3.05, 3.63) is 46.7 Å². The zero-order valence-electron chi connectivity index (χ0n) is 17.0. The Balaban J connectivity index is 1.98. The normalized spacial score (nSPS) is 13.7. The van der Waals surface area contributed by atoms with Gasteiger partial charge in [-0.2, -0.15) is 0 Å². The molecule has 2 aromatic rings. The average Bonchev–Trinajstić information content (AvgIpc) is 3.01. The van der Waals surface area contributed by atoms with Crippen molar-refractivity contribution in [2.75, 3.05) is 27.9 Å². The number of hydrogen-bond acceptors (Lipinski definition) is 7. The molecule has 7 nitrogen and oxygen atoms in total. The van der Waals surface area contributed by atoms with Crippen LogP contribution in [0.4, 0.5) is 0 Å². The lowest BCUT2D eigenvalue weighted by Gasteiger charge is -2.12. The van der Waals surface area contributed by atoms with Gasteiger partial charge in [-0.3, -0.25) is 9.59 Å². The van der Waals surface area contributed by atoms with E-state index in [4.69, 9.17) is 23.7 Å². The lowest BCUT2D eigenvalue weighted by molar-refractivity contribution is -0.118. The van der Waals surface area contributed by atoms with E-state index in [1.165, 1.54) is 28.3 Å². The maximum atomic E-state index is 12.9. The number of carbonyl (C=O) groups is 2. The van der Waals surface area contributed by atoms with Gasteiger partial charge in [-0.25, -0.2) is 0 Å². The Labute approximate surface area is 168 Å². The smallest absolute Gasteiger partial charge is 0.232 e. The van der Waals surface area contributed by atoms with Crippen molar-refractivity contribution in [3.8, 4) is 28.7 Å². The van der Waals surface area contributed by atoms with Gasteiger partial charge in [0.05, 0.1) is 26.9 Å². The van der Waals surface area contributed by atoms with Gasteiger partial charge in [-0.1, -0.05) is 0 Å². The molecular formula is C22H22O7. The van der Waals surface area contributed by atoms with E-state index in [9.17, 15) is 9.59 Å². The number of rotatable bonds is 7. The minimum absolute atomic E-state index is 0.0439. The van der Waals surface area contributed by atoms with E-state index in [1.54, 1.807) is 37.3 Å². The van der Waals surface area contributed by atoms with Gasteiger partial charge < -0.3 is 23.7 Å².